The Bertz CT molecular complexity index is 164. The summed E-state index contributed by atoms with van der Waals surface area (Å²) in [7, 11) is 0. The van der Waals surface area contributed by atoms with Gasteiger partial charge in [-0.2, -0.15) is 8.78 Å². The van der Waals surface area contributed by atoms with Crippen LogP contribution in [-0.2, 0) is 0 Å². The lowest BCUT2D eigenvalue weighted by Crippen LogP contribution is -2.18. The van der Waals surface area contributed by atoms with Gasteiger partial charge in [0.25, 0.3) is 12.5 Å². The molecule has 0 spiro atoms. The maximum Gasteiger partial charge on any atom is 0.279 e. The molecule has 0 nitrogen and oxygen atoms in total. The van der Waals surface area contributed by atoms with Crippen molar-refractivity contribution in [3.05, 3.63) is 11.7 Å². The monoisotopic (exact) mass is 238 g/mol. The van der Waals surface area contributed by atoms with Gasteiger partial charge < -0.3 is 0 Å². The van der Waals surface area contributed by atoms with E-state index in [-0.39, 0.29) is 0 Å². The van der Waals surface area contributed by atoms with Crippen molar-refractivity contribution in [2.45, 2.75) is 17.9 Å². The Morgan fingerprint density at radius 2 is 1.73 bits per heavy atom. The van der Waals surface area contributed by atoms with Gasteiger partial charge >= 0.3 is 0 Å². The maximum absolute atomic E-state index is 12.5. The molecule has 0 aliphatic carbocycles. The van der Waals surface area contributed by atoms with Gasteiger partial charge in [-0.1, -0.05) is 0 Å². The quantitative estimate of drug-likeness (QED) is 0.511. The molecule has 0 aromatic heterocycles. The minimum Gasteiger partial charge on any atom is -0.226 e. The first-order valence-electron chi connectivity index (χ1n) is 2.48. The molecule has 1 atom stereocenters. The summed E-state index contributed by atoms with van der Waals surface area (Å²) in [5.41, 5.74) is -1.82. The zero-order valence-electron chi connectivity index (χ0n) is 5.35. The van der Waals surface area contributed by atoms with Gasteiger partial charge in [0.1, 0.15) is 5.57 Å². The van der Waals surface area contributed by atoms with Crippen LogP contribution < -0.4 is 0 Å². The van der Waals surface area contributed by atoms with E-state index in [1.54, 1.807) is 0 Å². The van der Waals surface area contributed by atoms with Gasteiger partial charge in [-0.25, -0.2) is 13.2 Å². The molecule has 0 saturated carbocycles. The van der Waals surface area contributed by atoms with Crippen LogP contribution in [0.4, 0.5) is 22.0 Å². The summed E-state index contributed by atoms with van der Waals surface area (Å²) in [4.78, 5) is 0. The van der Waals surface area contributed by atoms with Crippen molar-refractivity contribution < 1.29 is 22.0 Å². The summed E-state index contributed by atoms with van der Waals surface area (Å²) in [6, 6.07) is 0. The Hall–Kier alpha value is -0.130. The summed E-state index contributed by atoms with van der Waals surface area (Å²) < 4.78 is 56.0. The van der Waals surface area contributed by atoms with E-state index in [0.717, 1.165) is 0 Å². The number of hydrogen-bond donors (Lipinski definition) is 0. The highest BCUT2D eigenvalue weighted by molar-refractivity contribution is 9.10. The number of rotatable bonds is 2. The first-order chi connectivity index (χ1) is 4.76. The minimum absolute atomic E-state index is 0.577. The summed E-state index contributed by atoms with van der Waals surface area (Å²) >= 11 is 2.06. The molecule has 1 unspecified atom stereocenters. The predicted octanol–water partition coefficient (Wildman–Crippen LogP) is 3.48. The molecule has 0 aromatic carbocycles. The van der Waals surface area contributed by atoms with Crippen molar-refractivity contribution in [1.82, 2.24) is 0 Å². The number of alkyl halides is 4. The molecule has 0 rings (SSSR count). The van der Waals surface area contributed by atoms with Crippen LogP contribution in [0.3, 0.4) is 0 Å². The highest BCUT2D eigenvalue weighted by Crippen LogP contribution is 2.35. The Labute approximate surface area is 68.2 Å². The van der Waals surface area contributed by atoms with E-state index in [2.05, 4.69) is 15.9 Å². The van der Waals surface area contributed by atoms with Crippen LogP contribution in [0.5, 0.6) is 0 Å². The second-order valence-corrected chi connectivity index (χ2v) is 3.35. The van der Waals surface area contributed by atoms with E-state index in [1.807, 2.05) is 0 Å². The van der Waals surface area contributed by atoms with Crippen molar-refractivity contribution in [1.29, 1.82) is 0 Å². The number of hydrogen-bond acceptors (Lipinski definition) is 0. The van der Waals surface area contributed by atoms with Gasteiger partial charge in [-0.3, -0.25) is 0 Å². The normalized spacial score (nSPS) is 16.4. The van der Waals surface area contributed by atoms with Gasteiger partial charge in [0, 0.05) is 0 Å². The van der Waals surface area contributed by atoms with E-state index in [9.17, 15) is 22.0 Å². The fraction of sp³-hybridized carbons (Fsp3) is 0.600. The van der Waals surface area contributed by atoms with E-state index in [1.165, 1.54) is 0 Å². The number of halogens is 6. The zero-order chi connectivity index (χ0) is 9.23. The molecule has 0 fully saturated rings. The zero-order valence-corrected chi connectivity index (χ0v) is 6.93. The summed E-state index contributed by atoms with van der Waals surface area (Å²) in [6.07, 6.45) is -6.18. The highest BCUT2D eigenvalue weighted by atomic mass is 79.9. The first-order valence-corrected chi connectivity index (χ1v) is 3.27. The van der Waals surface area contributed by atoms with Crippen LogP contribution in [0.2, 0.25) is 0 Å². The lowest BCUT2D eigenvalue weighted by molar-refractivity contribution is 0.148. The van der Waals surface area contributed by atoms with Gasteiger partial charge in [0.05, 0.1) is 0 Å². The molecule has 11 heavy (non-hydrogen) atoms. The maximum atomic E-state index is 12.5. The molecule has 0 amide bonds. The van der Waals surface area contributed by atoms with Crippen LogP contribution in [-0.4, -0.2) is 11.0 Å². The topological polar surface area (TPSA) is 0 Å². The Morgan fingerprint density at radius 3 is 1.73 bits per heavy atom. The van der Waals surface area contributed by atoms with Crippen molar-refractivity contribution in [2.75, 3.05) is 0 Å². The van der Waals surface area contributed by atoms with E-state index in [4.69, 9.17) is 0 Å². The third kappa shape index (κ3) is 3.18. The van der Waals surface area contributed by atoms with Gasteiger partial charge in [0.2, 0.25) is 0 Å². The second kappa shape index (κ2) is 3.51. The smallest absolute Gasteiger partial charge is 0.226 e. The molecule has 0 heterocycles. The van der Waals surface area contributed by atoms with Crippen molar-refractivity contribution in [2.24, 2.45) is 0 Å². The van der Waals surface area contributed by atoms with Gasteiger partial charge in [-0.15, -0.1) is 0 Å². The SMILES string of the molecule is CC(F)(Br)C(=C(F)F)C(F)F. The van der Waals surface area contributed by atoms with Crippen LogP contribution >= 0.6 is 15.9 Å². The van der Waals surface area contributed by atoms with Crippen LogP contribution in [0.15, 0.2) is 11.7 Å². The Balaban J connectivity index is 4.80. The molecule has 0 bridgehead atoms. The van der Waals surface area contributed by atoms with Crippen molar-refractivity contribution in [3.63, 3.8) is 0 Å². The van der Waals surface area contributed by atoms with Crippen molar-refractivity contribution in [3.8, 4) is 0 Å². The van der Waals surface area contributed by atoms with Crippen molar-refractivity contribution >= 4 is 15.9 Å². The fourth-order valence-electron chi connectivity index (χ4n) is 0.440. The second-order valence-electron chi connectivity index (χ2n) is 1.86. The average molecular weight is 239 g/mol. The Kier molecular flexibility index (Phi) is 3.47. The standard InChI is InChI=1S/C5H4BrF5/c1-5(6,11)2(3(7)8)4(9)10/h3H,1H3. The van der Waals surface area contributed by atoms with Crippen LogP contribution in [0.1, 0.15) is 6.92 Å². The molecule has 6 heteroatoms. The summed E-state index contributed by atoms with van der Waals surface area (Å²) in [5, 5.41) is 0. The Morgan fingerprint density at radius 1 is 1.36 bits per heavy atom. The average Bonchev–Trinajstić information content (AvgIpc) is 1.54. The third-order valence-electron chi connectivity index (χ3n) is 0.895. The van der Waals surface area contributed by atoms with E-state index >= 15 is 0 Å². The van der Waals surface area contributed by atoms with E-state index < -0.39 is 22.7 Å². The largest absolute Gasteiger partial charge is 0.279 e. The highest BCUT2D eigenvalue weighted by Gasteiger charge is 2.35. The number of allylic oxidation sites excluding steroid dienone is 1. The lowest BCUT2D eigenvalue weighted by atomic mass is 10.2. The minimum atomic E-state index is -3.49. The molecule has 0 aliphatic heterocycles. The molecule has 0 aromatic rings. The predicted molar refractivity (Wildman–Crippen MR) is 33.7 cm³/mol. The molecular weight excluding hydrogens is 235 g/mol. The van der Waals surface area contributed by atoms with Gasteiger partial charge in [0.15, 0.2) is 4.58 Å². The van der Waals surface area contributed by atoms with E-state index in [0.29, 0.717) is 6.92 Å². The third-order valence-corrected chi connectivity index (χ3v) is 1.32. The molecule has 0 radical (unpaired) electrons. The molecule has 66 valence electrons. The first kappa shape index (κ1) is 10.9. The molecule has 0 aliphatic rings. The van der Waals surface area contributed by atoms with Gasteiger partial charge in [-0.05, 0) is 22.9 Å². The lowest BCUT2D eigenvalue weighted by Gasteiger charge is -2.14. The fourth-order valence-corrected chi connectivity index (χ4v) is 0.763. The van der Waals surface area contributed by atoms with Crippen LogP contribution in [0, 0.1) is 0 Å². The summed E-state index contributed by atoms with van der Waals surface area (Å²) in [5.74, 6) is 0. The van der Waals surface area contributed by atoms with Crippen LogP contribution in [0.25, 0.3) is 0 Å². The summed E-state index contributed by atoms with van der Waals surface area (Å²) in [6.45, 7) is 0.577. The molecule has 0 saturated heterocycles. The molecule has 0 N–H and O–H groups in total. The molecular formula is C5H4BrF5.